The summed E-state index contributed by atoms with van der Waals surface area (Å²) in [6.07, 6.45) is 0.568. The van der Waals surface area contributed by atoms with E-state index in [0.717, 1.165) is 21.4 Å². The van der Waals surface area contributed by atoms with Gasteiger partial charge >= 0.3 is 0 Å². The first-order chi connectivity index (χ1) is 13.3. The van der Waals surface area contributed by atoms with Crippen molar-refractivity contribution in [2.24, 2.45) is 5.92 Å². The van der Waals surface area contributed by atoms with Crippen molar-refractivity contribution in [2.75, 3.05) is 17.7 Å². The smallest absolute Gasteiger partial charge is 0.224 e. The van der Waals surface area contributed by atoms with Crippen LogP contribution in [0.5, 0.6) is 11.5 Å². The molecule has 1 amide bonds. The van der Waals surface area contributed by atoms with Gasteiger partial charge < -0.3 is 20.1 Å². The zero-order valence-corrected chi connectivity index (χ0v) is 18.7. The Labute approximate surface area is 175 Å². The van der Waals surface area contributed by atoms with Gasteiger partial charge in [0.05, 0.1) is 17.7 Å². The zero-order chi connectivity index (χ0) is 20.7. The molecule has 0 unspecified atom stereocenters. The minimum absolute atomic E-state index is 0.0292. The van der Waals surface area contributed by atoms with Crippen LogP contribution in [-0.4, -0.2) is 19.1 Å². The number of carbonyl (C=O) groups is 1. The van der Waals surface area contributed by atoms with E-state index in [1.54, 1.807) is 7.11 Å². The monoisotopic (exact) mass is 448 g/mol. The standard InChI is InChI=1S/C22H29BrN2O3/c1-14(2)9-21(26)25-18-8-6-7-17(12-18)24-13-16-10-19(23)22(28-15(3)4)20(11-16)27-5/h6-8,10-12,14-15,24H,9,13H2,1-5H3,(H,25,26). The summed E-state index contributed by atoms with van der Waals surface area (Å²) >= 11 is 3.57. The second-order valence-corrected chi connectivity index (χ2v) is 8.21. The molecule has 0 radical (unpaired) electrons. The van der Waals surface area contributed by atoms with Crippen molar-refractivity contribution in [1.29, 1.82) is 0 Å². The lowest BCUT2D eigenvalue weighted by molar-refractivity contribution is -0.116. The quantitative estimate of drug-likeness (QED) is 0.505. The lowest BCUT2D eigenvalue weighted by atomic mass is 10.1. The van der Waals surface area contributed by atoms with Crippen LogP contribution in [0.4, 0.5) is 11.4 Å². The SMILES string of the molecule is COc1cc(CNc2cccc(NC(=O)CC(C)C)c2)cc(Br)c1OC(C)C. The molecule has 0 saturated carbocycles. The third-order valence-corrected chi connectivity index (χ3v) is 4.47. The summed E-state index contributed by atoms with van der Waals surface area (Å²) in [5, 5.41) is 6.33. The average molecular weight is 449 g/mol. The van der Waals surface area contributed by atoms with E-state index < -0.39 is 0 Å². The van der Waals surface area contributed by atoms with Crippen molar-refractivity contribution in [1.82, 2.24) is 0 Å². The van der Waals surface area contributed by atoms with Gasteiger partial charge in [-0.25, -0.2) is 0 Å². The molecule has 0 aromatic heterocycles. The predicted octanol–water partition coefficient (Wildman–Crippen LogP) is 5.84. The highest BCUT2D eigenvalue weighted by atomic mass is 79.9. The van der Waals surface area contributed by atoms with Crippen LogP contribution in [0.2, 0.25) is 0 Å². The van der Waals surface area contributed by atoms with Crippen LogP contribution in [0.1, 0.15) is 39.7 Å². The summed E-state index contributed by atoms with van der Waals surface area (Å²) in [4.78, 5) is 12.0. The lowest BCUT2D eigenvalue weighted by Gasteiger charge is -2.17. The number of hydrogen-bond acceptors (Lipinski definition) is 4. The molecule has 5 nitrogen and oxygen atoms in total. The number of carbonyl (C=O) groups excluding carboxylic acids is 1. The summed E-state index contributed by atoms with van der Waals surface area (Å²) in [5.74, 6) is 1.75. The number of hydrogen-bond donors (Lipinski definition) is 2. The van der Waals surface area contributed by atoms with Crippen LogP contribution in [-0.2, 0) is 11.3 Å². The van der Waals surface area contributed by atoms with Crippen molar-refractivity contribution in [3.8, 4) is 11.5 Å². The number of ether oxygens (including phenoxy) is 2. The Morgan fingerprint density at radius 3 is 2.46 bits per heavy atom. The first kappa shape index (κ1) is 22.1. The molecule has 0 heterocycles. The third-order valence-electron chi connectivity index (χ3n) is 3.88. The Morgan fingerprint density at radius 2 is 1.82 bits per heavy atom. The topological polar surface area (TPSA) is 59.6 Å². The molecule has 2 aromatic rings. The molecule has 0 atom stereocenters. The Balaban J connectivity index is 2.06. The number of benzene rings is 2. The van der Waals surface area contributed by atoms with E-state index in [4.69, 9.17) is 9.47 Å². The van der Waals surface area contributed by atoms with Crippen LogP contribution >= 0.6 is 15.9 Å². The Morgan fingerprint density at radius 1 is 1.11 bits per heavy atom. The minimum atomic E-state index is 0.0292. The predicted molar refractivity (Wildman–Crippen MR) is 118 cm³/mol. The van der Waals surface area contributed by atoms with Crippen LogP contribution in [0.15, 0.2) is 40.9 Å². The van der Waals surface area contributed by atoms with Gasteiger partial charge in [0.2, 0.25) is 5.91 Å². The van der Waals surface area contributed by atoms with E-state index in [-0.39, 0.29) is 12.0 Å². The van der Waals surface area contributed by atoms with Crippen LogP contribution in [0.25, 0.3) is 0 Å². The van der Waals surface area contributed by atoms with Gasteiger partial charge in [0, 0.05) is 24.3 Å². The van der Waals surface area contributed by atoms with Gasteiger partial charge in [-0.15, -0.1) is 0 Å². The van der Waals surface area contributed by atoms with E-state index in [9.17, 15) is 4.79 Å². The molecule has 2 rings (SSSR count). The molecule has 0 spiro atoms. The fourth-order valence-electron chi connectivity index (χ4n) is 2.72. The molecule has 0 aliphatic heterocycles. The van der Waals surface area contributed by atoms with Gasteiger partial charge in [-0.1, -0.05) is 19.9 Å². The molecule has 0 bridgehead atoms. The van der Waals surface area contributed by atoms with E-state index in [1.807, 2.05) is 64.1 Å². The van der Waals surface area contributed by atoms with Crippen molar-refractivity contribution in [3.05, 3.63) is 46.4 Å². The van der Waals surface area contributed by atoms with E-state index in [1.165, 1.54) is 0 Å². The highest BCUT2D eigenvalue weighted by Crippen LogP contribution is 2.37. The molecule has 0 aliphatic rings. The molecule has 2 N–H and O–H groups in total. The summed E-state index contributed by atoms with van der Waals surface area (Å²) in [6.45, 7) is 8.63. The van der Waals surface area contributed by atoms with Crippen molar-refractivity contribution < 1.29 is 14.3 Å². The Kier molecular flexibility index (Phi) is 8.18. The maximum atomic E-state index is 12.0. The van der Waals surface area contributed by atoms with E-state index in [0.29, 0.717) is 30.4 Å². The molecule has 28 heavy (non-hydrogen) atoms. The Bertz CT molecular complexity index is 806. The lowest BCUT2D eigenvalue weighted by Crippen LogP contribution is -2.14. The number of methoxy groups -OCH3 is 1. The highest BCUT2D eigenvalue weighted by Gasteiger charge is 2.13. The second-order valence-electron chi connectivity index (χ2n) is 7.36. The maximum Gasteiger partial charge on any atom is 0.224 e. The number of amides is 1. The van der Waals surface area contributed by atoms with Gasteiger partial charge in [0.1, 0.15) is 0 Å². The molecular weight excluding hydrogens is 420 g/mol. The molecule has 0 fully saturated rings. The van der Waals surface area contributed by atoms with Crippen LogP contribution in [0.3, 0.4) is 0 Å². The molecule has 152 valence electrons. The normalized spacial score (nSPS) is 10.9. The van der Waals surface area contributed by atoms with E-state index >= 15 is 0 Å². The van der Waals surface area contributed by atoms with Crippen molar-refractivity contribution in [3.63, 3.8) is 0 Å². The van der Waals surface area contributed by atoms with Gasteiger partial charge in [-0.05, 0) is 71.6 Å². The molecule has 6 heteroatoms. The fraction of sp³-hybridized carbons (Fsp3) is 0.409. The molecule has 0 aliphatic carbocycles. The van der Waals surface area contributed by atoms with Gasteiger partial charge in [-0.2, -0.15) is 0 Å². The summed E-state index contributed by atoms with van der Waals surface area (Å²) in [7, 11) is 1.63. The largest absolute Gasteiger partial charge is 0.493 e. The number of rotatable bonds is 9. The maximum absolute atomic E-state index is 12.0. The summed E-state index contributed by atoms with van der Waals surface area (Å²) in [5.41, 5.74) is 2.77. The highest BCUT2D eigenvalue weighted by molar-refractivity contribution is 9.10. The number of halogens is 1. The molecule has 2 aromatic carbocycles. The van der Waals surface area contributed by atoms with Gasteiger partial charge in [0.15, 0.2) is 11.5 Å². The summed E-state index contributed by atoms with van der Waals surface area (Å²) < 4.78 is 12.2. The zero-order valence-electron chi connectivity index (χ0n) is 17.1. The first-order valence-electron chi connectivity index (χ1n) is 9.45. The minimum Gasteiger partial charge on any atom is -0.493 e. The van der Waals surface area contributed by atoms with Crippen molar-refractivity contribution in [2.45, 2.75) is 46.8 Å². The number of nitrogens with one attached hydrogen (secondary N) is 2. The molecular formula is C22H29BrN2O3. The second kappa shape index (κ2) is 10.4. The van der Waals surface area contributed by atoms with Gasteiger partial charge in [0.25, 0.3) is 0 Å². The number of anilines is 2. The molecule has 0 saturated heterocycles. The third kappa shape index (κ3) is 6.75. The summed E-state index contributed by atoms with van der Waals surface area (Å²) in [6, 6.07) is 11.7. The van der Waals surface area contributed by atoms with E-state index in [2.05, 4.69) is 26.6 Å². The van der Waals surface area contributed by atoms with Gasteiger partial charge in [-0.3, -0.25) is 4.79 Å². The first-order valence-corrected chi connectivity index (χ1v) is 10.2. The average Bonchev–Trinajstić information content (AvgIpc) is 2.61. The van der Waals surface area contributed by atoms with Crippen LogP contribution < -0.4 is 20.1 Å². The fourth-order valence-corrected chi connectivity index (χ4v) is 3.30. The van der Waals surface area contributed by atoms with Crippen LogP contribution in [0, 0.1) is 5.92 Å². The van der Waals surface area contributed by atoms with Crippen molar-refractivity contribution >= 4 is 33.2 Å². The Hall–Kier alpha value is -2.21.